The van der Waals surface area contributed by atoms with Gasteiger partial charge in [-0.1, -0.05) is 6.92 Å². The monoisotopic (exact) mass is 212 g/mol. The number of rotatable bonds is 4. The van der Waals surface area contributed by atoms with Crippen molar-refractivity contribution in [3.63, 3.8) is 0 Å². The Kier molecular flexibility index (Phi) is 4.90. The summed E-state index contributed by atoms with van der Waals surface area (Å²) in [5, 5.41) is 0. The van der Waals surface area contributed by atoms with Crippen LogP contribution in [-0.2, 0) is 4.79 Å². The van der Waals surface area contributed by atoms with Crippen LogP contribution in [0.25, 0.3) is 0 Å². The first-order valence-corrected chi connectivity index (χ1v) is 4.43. The van der Waals surface area contributed by atoms with Crippen LogP contribution in [0.15, 0.2) is 0 Å². The van der Waals surface area contributed by atoms with Crippen molar-refractivity contribution in [3.8, 4) is 0 Å². The molecule has 84 valence electrons. The lowest BCUT2D eigenvalue weighted by Crippen LogP contribution is -2.47. The Morgan fingerprint density at radius 2 is 1.93 bits per heavy atom. The average Bonchev–Trinajstić information content (AvgIpc) is 2.10. The SMILES string of the molecule is CC[C@H](N)C(=O)N(CC)CC(F)(F)F. The molecule has 3 nitrogen and oxygen atoms in total. The molecule has 6 heteroatoms. The van der Waals surface area contributed by atoms with E-state index >= 15 is 0 Å². The highest BCUT2D eigenvalue weighted by Crippen LogP contribution is 2.16. The molecular formula is C8H15F3N2O. The maximum Gasteiger partial charge on any atom is 0.406 e. The van der Waals surface area contributed by atoms with Crippen LogP contribution in [0.1, 0.15) is 20.3 Å². The molecule has 0 aliphatic carbocycles. The second-order valence-corrected chi connectivity index (χ2v) is 2.98. The normalized spacial score (nSPS) is 13.9. The van der Waals surface area contributed by atoms with E-state index in [1.807, 2.05) is 0 Å². The summed E-state index contributed by atoms with van der Waals surface area (Å²) >= 11 is 0. The third-order valence-corrected chi connectivity index (χ3v) is 1.82. The molecule has 14 heavy (non-hydrogen) atoms. The number of carbonyl (C=O) groups excluding carboxylic acids is 1. The van der Waals surface area contributed by atoms with E-state index in [2.05, 4.69) is 0 Å². The van der Waals surface area contributed by atoms with Gasteiger partial charge in [-0.15, -0.1) is 0 Å². The van der Waals surface area contributed by atoms with E-state index in [0.29, 0.717) is 11.3 Å². The first-order valence-electron chi connectivity index (χ1n) is 4.43. The summed E-state index contributed by atoms with van der Waals surface area (Å²) in [6.45, 7) is 1.94. The maximum atomic E-state index is 12.0. The van der Waals surface area contributed by atoms with Crippen LogP contribution in [0.2, 0.25) is 0 Å². The molecule has 0 rings (SSSR count). The fraction of sp³-hybridized carbons (Fsp3) is 0.875. The fourth-order valence-corrected chi connectivity index (χ4v) is 0.971. The number of hydrogen-bond acceptors (Lipinski definition) is 2. The Bertz CT molecular complexity index is 194. The molecule has 0 saturated heterocycles. The summed E-state index contributed by atoms with van der Waals surface area (Å²) in [5.74, 6) is -0.646. The van der Waals surface area contributed by atoms with Crippen molar-refractivity contribution >= 4 is 5.91 Å². The lowest BCUT2D eigenvalue weighted by atomic mass is 10.2. The van der Waals surface area contributed by atoms with Gasteiger partial charge in [-0.3, -0.25) is 4.79 Å². The van der Waals surface area contributed by atoms with Gasteiger partial charge in [-0.25, -0.2) is 0 Å². The van der Waals surface area contributed by atoms with Crippen molar-refractivity contribution in [1.29, 1.82) is 0 Å². The quantitative estimate of drug-likeness (QED) is 0.759. The molecule has 0 aromatic heterocycles. The second-order valence-electron chi connectivity index (χ2n) is 2.98. The van der Waals surface area contributed by atoms with Gasteiger partial charge in [0.15, 0.2) is 0 Å². The van der Waals surface area contributed by atoms with E-state index in [-0.39, 0.29) is 6.54 Å². The molecule has 0 aromatic carbocycles. The summed E-state index contributed by atoms with van der Waals surface area (Å²) in [6, 6.07) is -0.836. The highest BCUT2D eigenvalue weighted by molar-refractivity contribution is 5.81. The highest BCUT2D eigenvalue weighted by atomic mass is 19.4. The van der Waals surface area contributed by atoms with Crippen LogP contribution in [0.3, 0.4) is 0 Å². The highest BCUT2D eigenvalue weighted by Gasteiger charge is 2.33. The standard InChI is InChI=1S/C8H15F3N2O/c1-3-6(12)7(14)13(4-2)5-8(9,10)11/h6H,3-5,12H2,1-2H3/t6-/m0/s1. The Morgan fingerprint density at radius 3 is 2.21 bits per heavy atom. The first-order chi connectivity index (χ1) is 6.31. The van der Waals surface area contributed by atoms with Crippen molar-refractivity contribution in [3.05, 3.63) is 0 Å². The summed E-state index contributed by atoms with van der Waals surface area (Å²) in [7, 11) is 0. The van der Waals surface area contributed by atoms with Crippen LogP contribution in [0, 0.1) is 0 Å². The van der Waals surface area contributed by atoms with Gasteiger partial charge in [0.1, 0.15) is 6.54 Å². The molecule has 0 fully saturated rings. The van der Waals surface area contributed by atoms with E-state index in [9.17, 15) is 18.0 Å². The third kappa shape index (κ3) is 4.45. The van der Waals surface area contributed by atoms with Gasteiger partial charge < -0.3 is 10.6 Å². The average molecular weight is 212 g/mol. The van der Waals surface area contributed by atoms with Crippen LogP contribution >= 0.6 is 0 Å². The Balaban J connectivity index is 4.34. The number of amides is 1. The van der Waals surface area contributed by atoms with Crippen LogP contribution < -0.4 is 5.73 Å². The molecular weight excluding hydrogens is 197 g/mol. The van der Waals surface area contributed by atoms with Gasteiger partial charge >= 0.3 is 6.18 Å². The fourth-order valence-electron chi connectivity index (χ4n) is 0.971. The Labute approximate surface area is 81.1 Å². The van der Waals surface area contributed by atoms with Crippen LogP contribution in [0.5, 0.6) is 0 Å². The molecule has 0 unspecified atom stereocenters. The summed E-state index contributed by atoms with van der Waals surface area (Å²) in [6.07, 6.45) is -4.02. The largest absolute Gasteiger partial charge is 0.406 e. The molecule has 0 aliphatic rings. The number of alkyl halides is 3. The number of nitrogens with two attached hydrogens (primary N) is 1. The van der Waals surface area contributed by atoms with Crippen molar-refractivity contribution in [2.45, 2.75) is 32.5 Å². The number of carbonyl (C=O) groups is 1. The molecule has 0 bridgehead atoms. The lowest BCUT2D eigenvalue weighted by Gasteiger charge is -2.24. The smallest absolute Gasteiger partial charge is 0.333 e. The molecule has 1 atom stereocenters. The zero-order valence-corrected chi connectivity index (χ0v) is 8.27. The number of hydrogen-bond donors (Lipinski definition) is 1. The molecule has 0 aromatic rings. The third-order valence-electron chi connectivity index (χ3n) is 1.82. The Hall–Kier alpha value is -0.780. The van der Waals surface area contributed by atoms with Crippen molar-refractivity contribution in [2.75, 3.05) is 13.1 Å². The van der Waals surface area contributed by atoms with Crippen molar-refractivity contribution in [2.24, 2.45) is 5.73 Å². The maximum absolute atomic E-state index is 12.0. The van der Waals surface area contributed by atoms with Crippen molar-refractivity contribution < 1.29 is 18.0 Å². The van der Waals surface area contributed by atoms with Gasteiger partial charge in [0.2, 0.25) is 5.91 Å². The van der Waals surface area contributed by atoms with E-state index in [0.717, 1.165) is 0 Å². The summed E-state index contributed by atoms with van der Waals surface area (Å²) in [4.78, 5) is 12.0. The minimum absolute atomic E-state index is 0.0199. The van der Waals surface area contributed by atoms with Gasteiger partial charge in [0.05, 0.1) is 6.04 Å². The van der Waals surface area contributed by atoms with Crippen LogP contribution in [-0.4, -0.2) is 36.1 Å². The van der Waals surface area contributed by atoms with Crippen LogP contribution in [0.4, 0.5) is 13.2 Å². The minimum atomic E-state index is -4.36. The number of likely N-dealkylation sites (N-methyl/N-ethyl adjacent to an activating group) is 1. The minimum Gasteiger partial charge on any atom is -0.333 e. The summed E-state index contributed by atoms with van der Waals surface area (Å²) in [5.41, 5.74) is 5.35. The molecule has 0 spiro atoms. The molecule has 2 N–H and O–H groups in total. The predicted molar refractivity (Wildman–Crippen MR) is 46.6 cm³/mol. The molecule has 0 radical (unpaired) electrons. The second kappa shape index (κ2) is 5.19. The lowest BCUT2D eigenvalue weighted by molar-refractivity contribution is -0.161. The van der Waals surface area contributed by atoms with Gasteiger partial charge in [-0.2, -0.15) is 13.2 Å². The zero-order chi connectivity index (χ0) is 11.4. The first kappa shape index (κ1) is 13.2. The molecule has 0 aliphatic heterocycles. The van der Waals surface area contributed by atoms with Gasteiger partial charge in [0, 0.05) is 6.54 Å². The zero-order valence-electron chi connectivity index (χ0n) is 8.27. The van der Waals surface area contributed by atoms with Gasteiger partial charge in [0.25, 0.3) is 0 Å². The van der Waals surface area contributed by atoms with E-state index in [1.165, 1.54) is 6.92 Å². The van der Waals surface area contributed by atoms with Crippen molar-refractivity contribution in [1.82, 2.24) is 4.90 Å². The predicted octanol–water partition coefficient (Wildman–Crippen LogP) is 1.13. The number of halogens is 3. The summed E-state index contributed by atoms with van der Waals surface area (Å²) < 4.78 is 36.0. The molecule has 0 heterocycles. The number of nitrogens with zero attached hydrogens (tertiary/aromatic N) is 1. The topological polar surface area (TPSA) is 46.3 Å². The molecule has 0 saturated carbocycles. The molecule has 1 amide bonds. The Morgan fingerprint density at radius 1 is 1.43 bits per heavy atom. The van der Waals surface area contributed by atoms with E-state index < -0.39 is 24.7 Å². The van der Waals surface area contributed by atoms with E-state index in [1.54, 1.807) is 6.92 Å². The van der Waals surface area contributed by atoms with Gasteiger partial charge in [-0.05, 0) is 13.3 Å². The van der Waals surface area contributed by atoms with E-state index in [4.69, 9.17) is 5.73 Å².